The summed E-state index contributed by atoms with van der Waals surface area (Å²) in [5, 5.41) is 2.87. The molecule has 2 rings (SSSR count). The number of carbonyl (C=O) groups is 1. The van der Waals surface area contributed by atoms with Gasteiger partial charge in [0.05, 0.1) is 18.4 Å². The smallest absolute Gasteiger partial charge is 0.252 e. The zero-order valence-corrected chi connectivity index (χ0v) is 13.5. The number of halogens is 1. The van der Waals surface area contributed by atoms with Crippen molar-refractivity contribution in [2.24, 2.45) is 0 Å². The highest BCUT2D eigenvalue weighted by Gasteiger charge is 2.10. The lowest BCUT2D eigenvalue weighted by Crippen LogP contribution is -2.23. The predicted octanol–water partition coefficient (Wildman–Crippen LogP) is 3.28. The van der Waals surface area contributed by atoms with Crippen LogP contribution in [0.25, 0.3) is 0 Å². The second-order valence-corrected chi connectivity index (χ2v) is 5.60. The maximum absolute atomic E-state index is 12.2. The van der Waals surface area contributed by atoms with E-state index in [9.17, 15) is 4.79 Å². The maximum Gasteiger partial charge on any atom is 0.252 e. The molecule has 0 aliphatic rings. The number of hydrogen-bond donors (Lipinski definition) is 2. The Morgan fingerprint density at radius 1 is 1.29 bits per heavy atom. The van der Waals surface area contributed by atoms with E-state index in [1.165, 1.54) is 0 Å². The lowest BCUT2D eigenvalue weighted by Gasteiger charge is -2.10. The number of ether oxygens (including phenoxy) is 1. The number of rotatable bonds is 4. The van der Waals surface area contributed by atoms with Crippen LogP contribution in [-0.4, -0.2) is 13.0 Å². The summed E-state index contributed by atoms with van der Waals surface area (Å²) in [5.74, 6) is 0.502. The fraction of sp³-hybridized carbons (Fsp3) is 0.188. The molecule has 5 heteroatoms. The summed E-state index contributed by atoms with van der Waals surface area (Å²) in [7, 11) is 1.57. The third kappa shape index (κ3) is 3.76. The molecule has 110 valence electrons. The van der Waals surface area contributed by atoms with Crippen molar-refractivity contribution in [1.82, 2.24) is 5.32 Å². The topological polar surface area (TPSA) is 64.3 Å². The summed E-state index contributed by atoms with van der Waals surface area (Å²) >= 11 is 3.41. The molecule has 0 saturated carbocycles. The Kier molecular flexibility index (Phi) is 4.85. The lowest BCUT2D eigenvalue weighted by molar-refractivity contribution is 0.0950. The quantitative estimate of drug-likeness (QED) is 0.833. The van der Waals surface area contributed by atoms with Crippen LogP contribution < -0.4 is 15.8 Å². The molecule has 0 radical (unpaired) electrons. The van der Waals surface area contributed by atoms with Gasteiger partial charge < -0.3 is 15.8 Å². The minimum absolute atomic E-state index is 0.128. The first-order chi connectivity index (χ1) is 10.0. The van der Waals surface area contributed by atoms with Crippen molar-refractivity contribution in [3.8, 4) is 5.75 Å². The zero-order chi connectivity index (χ0) is 15.4. The Balaban J connectivity index is 2.05. The zero-order valence-electron chi connectivity index (χ0n) is 11.9. The van der Waals surface area contributed by atoms with Crippen molar-refractivity contribution in [1.29, 1.82) is 0 Å². The summed E-state index contributed by atoms with van der Waals surface area (Å²) < 4.78 is 5.89. The Morgan fingerprint density at radius 2 is 2.05 bits per heavy atom. The maximum atomic E-state index is 12.2. The molecular weight excluding hydrogens is 332 g/mol. The number of methoxy groups -OCH3 is 1. The van der Waals surface area contributed by atoms with Gasteiger partial charge in [-0.25, -0.2) is 0 Å². The first-order valence-corrected chi connectivity index (χ1v) is 7.27. The van der Waals surface area contributed by atoms with Gasteiger partial charge in [-0.05, 0) is 58.2 Å². The number of nitrogens with two attached hydrogens (primary N) is 1. The van der Waals surface area contributed by atoms with Crippen molar-refractivity contribution in [2.45, 2.75) is 13.5 Å². The van der Waals surface area contributed by atoms with Crippen LogP contribution >= 0.6 is 15.9 Å². The minimum atomic E-state index is -0.128. The predicted molar refractivity (Wildman–Crippen MR) is 87.5 cm³/mol. The van der Waals surface area contributed by atoms with Crippen LogP contribution in [0, 0.1) is 6.92 Å². The van der Waals surface area contributed by atoms with Gasteiger partial charge in [0.2, 0.25) is 0 Å². The molecule has 1 amide bonds. The van der Waals surface area contributed by atoms with Crippen molar-refractivity contribution < 1.29 is 9.53 Å². The number of carbonyl (C=O) groups excluding carboxylic acids is 1. The van der Waals surface area contributed by atoms with Gasteiger partial charge >= 0.3 is 0 Å². The molecule has 4 nitrogen and oxygen atoms in total. The summed E-state index contributed by atoms with van der Waals surface area (Å²) in [6.45, 7) is 2.39. The molecule has 0 bridgehead atoms. The second-order valence-electron chi connectivity index (χ2n) is 4.74. The van der Waals surface area contributed by atoms with E-state index in [0.29, 0.717) is 23.5 Å². The number of anilines is 1. The van der Waals surface area contributed by atoms with Gasteiger partial charge in [0.15, 0.2) is 0 Å². The van der Waals surface area contributed by atoms with E-state index in [2.05, 4.69) is 21.2 Å². The molecule has 0 aliphatic heterocycles. The minimum Gasteiger partial charge on any atom is -0.495 e. The fourth-order valence-corrected chi connectivity index (χ4v) is 2.65. The van der Waals surface area contributed by atoms with E-state index in [1.807, 2.05) is 25.1 Å². The van der Waals surface area contributed by atoms with Crippen molar-refractivity contribution in [3.63, 3.8) is 0 Å². The molecule has 2 aromatic rings. The third-order valence-electron chi connectivity index (χ3n) is 3.12. The van der Waals surface area contributed by atoms with E-state index >= 15 is 0 Å². The third-order valence-corrected chi connectivity index (χ3v) is 3.77. The number of nitrogens with one attached hydrogen (secondary N) is 1. The molecule has 3 N–H and O–H groups in total. The largest absolute Gasteiger partial charge is 0.495 e. The average Bonchev–Trinajstić information content (AvgIpc) is 2.45. The summed E-state index contributed by atoms with van der Waals surface area (Å²) in [6.07, 6.45) is 0. The van der Waals surface area contributed by atoms with Gasteiger partial charge in [-0.3, -0.25) is 4.79 Å². The van der Waals surface area contributed by atoms with Gasteiger partial charge in [-0.1, -0.05) is 12.1 Å². The second kappa shape index (κ2) is 6.63. The molecule has 0 fully saturated rings. The fourth-order valence-electron chi connectivity index (χ4n) is 1.98. The molecule has 0 aliphatic carbocycles. The van der Waals surface area contributed by atoms with Gasteiger partial charge in [-0.15, -0.1) is 0 Å². The Morgan fingerprint density at radius 3 is 2.67 bits per heavy atom. The number of nitrogen functional groups attached to an aromatic ring is 1. The molecule has 0 unspecified atom stereocenters. The Hall–Kier alpha value is -2.01. The first-order valence-electron chi connectivity index (χ1n) is 6.48. The molecule has 0 spiro atoms. The average molecular weight is 349 g/mol. The highest BCUT2D eigenvalue weighted by Crippen LogP contribution is 2.22. The van der Waals surface area contributed by atoms with Crippen molar-refractivity contribution in [2.75, 3.05) is 12.8 Å². The Labute approximate surface area is 132 Å². The molecule has 21 heavy (non-hydrogen) atoms. The number of hydrogen-bond acceptors (Lipinski definition) is 3. The lowest BCUT2D eigenvalue weighted by atomic mass is 10.1. The molecule has 0 heterocycles. The molecule has 2 aromatic carbocycles. The van der Waals surface area contributed by atoms with Crippen LogP contribution in [0.15, 0.2) is 40.9 Å². The summed E-state index contributed by atoms with van der Waals surface area (Å²) in [6, 6.07) is 11.1. The van der Waals surface area contributed by atoms with Gasteiger partial charge in [-0.2, -0.15) is 0 Å². The molecular formula is C16H17BrN2O2. The summed E-state index contributed by atoms with van der Waals surface area (Å²) in [5.41, 5.74) is 9.03. The monoisotopic (exact) mass is 348 g/mol. The molecule has 0 atom stereocenters. The van der Waals surface area contributed by atoms with E-state index in [1.54, 1.807) is 25.3 Å². The van der Waals surface area contributed by atoms with Crippen molar-refractivity contribution >= 4 is 27.5 Å². The van der Waals surface area contributed by atoms with Gasteiger partial charge in [0.1, 0.15) is 5.75 Å². The van der Waals surface area contributed by atoms with Crippen LogP contribution in [-0.2, 0) is 6.54 Å². The SMILES string of the molecule is COc1ccc(CNC(=O)c2ccc(C)cc2Br)cc1N. The van der Waals surface area contributed by atoms with E-state index < -0.39 is 0 Å². The number of amides is 1. The number of aryl methyl sites for hydroxylation is 1. The van der Waals surface area contributed by atoms with E-state index in [4.69, 9.17) is 10.5 Å². The Bertz CT molecular complexity index is 671. The van der Waals surface area contributed by atoms with Crippen LogP contribution in [0.1, 0.15) is 21.5 Å². The van der Waals surface area contributed by atoms with Crippen LogP contribution in [0.2, 0.25) is 0 Å². The van der Waals surface area contributed by atoms with Crippen molar-refractivity contribution in [3.05, 3.63) is 57.6 Å². The molecule has 0 saturated heterocycles. The van der Waals surface area contributed by atoms with E-state index in [0.717, 1.165) is 15.6 Å². The first kappa shape index (κ1) is 15.4. The summed E-state index contributed by atoms with van der Waals surface area (Å²) in [4.78, 5) is 12.2. The highest BCUT2D eigenvalue weighted by molar-refractivity contribution is 9.10. The molecule has 0 aromatic heterocycles. The van der Waals surface area contributed by atoms with Crippen LogP contribution in [0.3, 0.4) is 0 Å². The number of benzene rings is 2. The van der Waals surface area contributed by atoms with E-state index in [-0.39, 0.29) is 5.91 Å². The van der Waals surface area contributed by atoms with Crippen LogP contribution in [0.5, 0.6) is 5.75 Å². The normalized spacial score (nSPS) is 10.2. The van der Waals surface area contributed by atoms with Gasteiger partial charge in [0.25, 0.3) is 5.91 Å². The van der Waals surface area contributed by atoms with Gasteiger partial charge in [0, 0.05) is 11.0 Å². The highest BCUT2D eigenvalue weighted by atomic mass is 79.9. The standard InChI is InChI=1S/C16H17BrN2O2/c1-10-3-5-12(13(17)7-10)16(20)19-9-11-4-6-15(21-2)14(18)8-11/h3-8H,9,18H2,1-2H3,(H,19,20). The van der Waals surface area contributed by atoms with Crippen LogP contribution in [0.4, 0.5) is 5.69 Å².